The van der Waals surface area contributed by atoms with Crippen LogP contribution in [-0.4, -0.2) is 30.8 Å². The van der Waals surface area contributed by atoms with Crippen molar-refractivity contribution in [1.82, 2.24) is 0 Å². The van der Waals surface area contributed by atoms with E-state index in [1.807, 2.05) is 0 Å². The molecule has 0 aliphatic carbocycles. The summed E-state index contributed by atoms with van der Waals surface area (Å²) >= 11 is 0. The molecule has 0 radical (unpaired) electrons. The standard InChI is InChI=1S/C8H17NO3/c9-5-3-1-2-4-8(11)12-7-6-10/h10H,1-7,9H2. The van der Waals surface area contributed by atoms with Crippen LogP contribution in [0.5, 0.6) is 0 Å². The van der Waals surface area contributed by atoms with Gasteiger partial charge in [0, 0.05) is 6.42 Å². The fourth-order valence-corrected chi connectivity index (χ4v) is 0.822. The van der Waals surface area contributed by atoms with Gasteiger partial charge in [0.1, 0.15) is 6.61 Å². The van der Waals surface area contributed by atoms with E-state index >= 15 is 0 Å². The molecule has 12 heavy (non-hydrogen) atoms. The second-order valence-corrected chi connectivity index (χ2v) is 2.54. The number of hydrogen-bond donors (Lipinski definition) is 2. The van der Waals surface area contributed by atoms with Crippen LogP contribution >= 0.6 is 0 Å². The zero-order valence-corrected chi connectivity index (χ0v) is 7.29. The molecule has 4 nitrogen and oxygen atoms in total. The molecule has 0 fully saturated rings. The monoisotopic (exact) mass is 175 g/mol. The quantitative estimate of drug-likeness (QED) is 0.423. The van der Waals surface area contributed by atoms with E-state index in [-0.39, 0.29) is 19.2 Å². The first-order valence-electron chi connectivity index (χ1n) is 4.27. The van der Waals surface area contributed by atoms with Gasteiger partial charge < -0.3 is 15.6 Å². The van der Waals surface area contributed by atoms with Crippen molar-refractivity contribution in [2.45, 2.75) is 25.7 Å². The van der Waals surface area contributed by atoms with E-state index in [0.717, 1.165) is 19.3 Å². The minimum atomic E-state index is -0.235. The molecule has 3 N–H and O–H groups in total. The lowest BCUT2D eigenvalue weighted by molar-refractivity contribution is -0.144. The van der Waals surface area contributed by atoms with Crippen LogP contribution in [0.1, 0.15) is 25.7 Å². The highest BCUT2D eigenvalue weighted by Crippen LogP contribution is 1.99. The summed E-state index contributed by atoms with van der Waals surface area (Å²) in [5.74, 6) is -0.235. The third-order valence-electron chi connectivity index (χ3n) is 1.44. The van der Waals surface area contributed by atoms with Crippen molar-refractivity contribution >= 4 is 5.97 Å². The molecule has 0 saturated carbocycles. The van der Waals surface area contributed by atoms with Gasteiger partial charge >= 0.3 is 5.97 Å². The number of ether oxygens (including phenoxy) is 1. The Kier molecular flexibility index (Phi) is 8.05. The fraction of sp³-hybridized carbons (Fsp3) is 0.875. The van der Waals surface area contributed by atoms with Crippen LogP contribution in [0.15, 0.2) is 0 Å². The summed E-state index contributed by atoms with van der Waals surface area (Å²) in [6, 6.07) is 0. The lowest BCUT2D eigenvalue weighted by Crippen LogP contribution is -2.08. The Morgan fingerprint density at radius 1 is 1.33 bits per heavy atom. The number of carbonyl (C=O) groups excluding carboxylic acids is 1. The number of rotatable bonds is 7. The second kappa shape index (κ2) is 8.49. The average Bonchev–Trinajstić information content (AvgIpc) is 2.09. The van der Waals surface area contributed by atoms with Gasteiger partial charge in [-0.15, -0.1) is 0 Å². The van der Waals surface area contributed by atoms with Crippen LogP contribution < -0.4 is 5.73 Å². The zero-order valence-electron chi connectivity index (χ0n) is 7.29. The number of nitrogens with two attached hydrogens (primary N) is 1. The van der Waals surface area contributed by atoms with E-state index in [4.69, 9.17) is 10.8 Å². The van der Waals surface area contributed by atoms with Crippen LogP contribution in [0.4, 0.5) is 0 Å². The second-order valence-electron chi connectivity index (χ2n) is 2.54. The van der Waals surface area contributed by atoms with E-state index in [1.165, 1.54) is 0 Å². The van der Waals surface area contributed by atoms with Gasteiger partial charge in [0.2, 0.25) is 0 Å². The molecule has 0 aliphatic rings. The van der Waals surface area contributed by atoms with Crippen LogP contribution in [0.2, 0.25) is 0 Å². The van der Waals surface area contributed by atoms with Crippen LogP contribution in [0.25, 0.3) is 0 Å². The molecule has 0 rings (SSSR count). The van der Waals surface area contributed by atoms with Crippen molar-refractivity contribution in [1.29, 1.82) is 0 Å². The van der Waals surface area contributed by atoms with Crippen LogP contribution in [0.3, 0.4) is 0 Å². The Hall–Kier alpha value is -0.610. The molecule has 0 amide bonds. The SMILES string of the molecule is NCCCCCC(=O)OCCO. The Labute approximate surface area is 72.7 Å². The number of hydrogen-bond acceptors (Lipinski definition) is 4. The van der Waals surface area contributed by atoms with Crippen LogP contribution in [-0.2, 0) is 9.53 Å². The molecule has 0 bridgehead atoms. The highest BCUT2D eigenvalue weighted by Gasteiger charge is 2.00. The van der Waals surface area contributed by atoms with Gasteiger partial charge in [-0.3, -0.25) is 4.79 Å². The molecule has 0 aromatic carbocycles. The highest BCUT2D eigenvalue weighted by atomic mass is 16.5. The van der Waals surface area contributed by atoms with Crippen molar-refractivity contribution in [3.63, 3.8) is 0 Å². The van der Waals surface area contributed by atoms with E-state index in [2.05, 4.69) is 4.74 Å². The number of aliphatic hydroxyl groups excluding tert-OH is 1. The average molecular weight is 175 g/mol. The Morgan fingerprint density at radius 2 is 2.08 bits per heavy atom. The summed E-state index contributed by atoms with van der Waals surface area (Å²) in [7, 11) is 0. The molecule has 4 heteroatoms. The van der Waals surface area contributed by atoms with Crippen molar-refractivity contribution in [2.24, 2.45) is 5.73 Å². The van der Waals surface area contributed by atoms with E-state index in [9.17, 15) is 4.79 Å². The predicted molar refractivity (Wildman–Crippen MR) is 45.6 cm³/mol. The summed E-state index contributed by atoms with van der Waals surface area (Å²) < 4.78 is 4.65. The van der Waals surface area contributed by atoms with Crippen molar-refractivity contribution in [2.75, 3.05) is 19.8 Å². The molecule has 0 aromatic rings. The maximum atomic E-state index is 10.8. The number of unbranched alkanes of at least 4 members (excludes halogenated alkanes) is 2. The minimum Gasteiger partial charge on any atom is -0.463 e. The molecular formula is C8H17NO3. The normalized spacial score (nSPS) is 9.83. The van der Waals surface area contributed by atoms with Gasteiger partial charge in [-0.1, -0.05) is 6.42 Å². The van der Waals surface area contributed by atoms with Gasteiger partial charge in [-0.05, 0) is 19.4 Å². The van der Waals surface area contributed by atoms with E-state index in [1.54, 1.807) is 0 Å². The zero-order chi connectivity index (χ0) is 9.23. The number of aliphatic hydroxyl groups is 1. The number of esters is 1. The van der Waals surface area contributed by atoms with Crippen molar-refractivity contribution in [3.05, 3.63) is 0 Å². The highest BCUT2D eigenvalue weighted by molar-refractivity contribution is 5.69. The third-order valence-corrected chi connectivity index (χ3v) is 1.44. The minimum absolute atomic E-state index is 0.103. The summed E-state index contributed by atoms with van der Waals surface area (Å²) in [6.07, 6.45) is 3.17. The van der Waals surface area contributed by atoms with E-state index < -0.39 is 0 Å². The largest absolute Gasteiger partial charge is 0.463 e. The van der Waals surface area contributed by atoms with Gasteiger partial charge in [0.15, 0.2) is 0 Å². The lowest BCUT2D eigenvalue weighted by Gasteiger charge is -2.01. The topological polar surface area (TPSA) is 72.6 Å². The molecule has 0 aliphatic heterocycles. The fourth-order valence-electron chi connectivity index (χ4n) is 0.822. The summed E-state index contributed by atoms with van der Waals surface area (Å²) in [5, 5.41) is 8.33. The summed E-state index contributed by atoms with van der Waals surface area (Å²) in [4.78, 5) is 10.8. The summed E-state index contributed by atoms with van der Waals surface area (Å²) in [5.41, 5.74) is 5.28. The maximum Gasteiger partial charge on any atom is 0.305 e. The first kappa shape index (κ1) is 11.4. The molecule has 0 spiro atoms. The maximum absolute atomic E-state index is 10.8. The van der Waals surface area contributed by atoms with Crippen LogP contribution in [0, 0.1) is 0 Å². The summed E-state index contributed by atoms with van der Waals surface area (Å²) in [6.45, 7) is 0.677. The van der Waals surface area contributed by atoms with Crippen molar-refractivity contribution in [3.8, 4) is 0 Å². The molecule has 0 unspecified atom stereocenters. The number of carbonyl (C=O) groups is 1. The third kappa shape index (κ3) is 7.50. The van der Waals surface area contributed by atoms with Gasteiger partial charge in [-0.2, -0.15) is 0 Å². The Morgan fingerprint density at radius 3 is 2.67 bits per heavy atom. The Balaban J connectivity index is 3.08. The smallest absolute Gasteiger partial charge is 0.305 e. The molecule has 0 heterocycles. The van der Waals surface area contributed by atoms with Gasteiger partial charge in [0.25, 0.3) is 0 Å². The predicted octanol–water partition coefficient (Wildman–Crippen LogP) is 0.0410. The van der Waals surface area contributed by atoms with E-state index in [0.29, 0.717) is 13.0 Å². The first-order valence-corrected chi connectivity index (χ1v) is 4.27. The molecule has 0 saturated heterocycles. The molecule has 0 aromatic heterocycles. The van der Waals surface area contributed by atoms with Gasteiger partial charge in [0.05, 0.1) is 6.61 Å². The lowest BCUT2D eigenvalue weighted by atomic mass is 10.2. The molecule has 72 valence electrons. The van der Waals surface area contributed by atoms with Crippen molar-refractivity contribution < 1.29 is 14.6 Å². The first-order chi connectivity index (χ1) is 5.81. The molecule has 0 atom stereocenters. The van der Waals surface area contributed by atoms with Gasteiger partial charge in [-0.25, -0.2) is 0 Å². The Bertz CT molecular complexity index is 117. The molecular weight excluding hydrogens is 158 g/mol.